The molecule has 1 unspecified atom stereocenters. The molecule has 0 radical (unpaired) electrons. The molecule has 0 aromatic carbocycles. The van der Waals surface area contributed by atoms with Gasteiger partial charge < -0.3 is 15.0 Å². The zero-order valence-corrected chi connectivity index (χ0v) is 17.7. The van der Waals surface area contributed by atoms with Crippen LogP contribution in [0.2, 0.25) is 0 Å². The first-order valence-corrected chi connectivity index (χ1v) is 10.6. The molecule has 4 heterocycles. The van der Waals surface area contributed by atoms with Crippen LogP contribution in [0.5, 0.6) is 0 Å². The number of nitrogens with zero attached hydrogens (tertiary/aromatic N) is 4. The molecule has 0 bridgehead atoms. The van der Waals surface area contributed by atoms with Crippen molar-refractivity contribution in [2.75, 3.05) is 23.9 Å². The van der Waals surface area contributed by atoms with Gasteiger partial charge in [0.15, 0.2) is 0 Å². The van der Waals surface area contributed by atoms with Gasteiger partial charge in [0, 0.05) is 12.0 Å². The molecule has 1 saturated heterocycles. The van der Waals surface area contributed by atoms with E-state index in [2.05, 4.69) is 36.2 Å². The first kappa shape index (κ1) is 18.9. The lowest BCUT2D eigenvalue weighted by atomic mass is 9.93. The summed E-state index contributed by atoms with van der Waals surface area (Å²) in [5.74, 6) is -0.507. The highest BCUT2D eigenvalue weighted by Gasteiger charge is 2.36. The van der Waals surface area contributed by atoms with Gasteiger partial charge in [-0.25, -0.2) is 14.3 Å². The Morgan fingerprint density at radius 2 is 2.18 bits per heavy atom. The summed E-state index contributed by atoms with van der Waals surface area (Å²) in [4.78, 5) is 31.9. The van der Waals surface area contributed by atoms with Gasteiger partial charge in [-0.15, -0.1) is 16.4 Å². The van der Waals surface area contributed by atoms with Crippen molar-refractivity contribution in [1.29, 1.82) is 0 Å². The monoisotopic (exact) mass is 419 g/mol. The highest BCUT2D eigenvalue weighted by atomic mass is 32.1. The molecule has 8 nitrogen and oxygen atoms in total. The molecule has 1 atom stereocenters. The molecule has 1 N–H and O–H groups in total. The minimum Gasteiger partial charge on any atom is -0.465 e. The number of anilines is 2. The largest absolute Gasteiger partial charge is 0.465 e. The number of imidazole rings is 1. The average Bonchev–Trinajstić information content (AvgIpc) is 3.37. The summed E-state index contributed by atoms with van der Waals surface area (Å²) < 4.78 is 6.56. The summed E-state index contributed by atoms with van der Waals surface area (Å²) in [5, 5.41) is 10.8. The smallest absolute Gasteiger partial charge is 0.340 e. The van der Waals surface area contributed by atoms with Crippen LogP contribution >= 0.6 is 22.7 Å². The van der Waals surface area contributed by atoms with Crippen LogP contribution in [-0.4, -0.2) is 46.2 Å². The summed E-state index contributed by atoms with van der Waals surface area (Å²) in [5.41, 5.74) is 1.36. The van der Waals surface area contributed by atoms with Gasteiger partial charge in [0.1, 0.15) is 11.0 Å². The van der Waals surface area contributed by atoms with Crippen molar-refractivity contribution in [3.63, 3.8) is 0 Å². The van der Waals surface area contributed by atoms with Crippen molar-refractivity contribution < 1.29 is 14.3 Å². The van der Waals surface area contributed by atoms with E-state index in [-0.39, 0.29) is 17.4 Å². The lowest BCUT2D eigenvalue weighted by Gasteiger charge is -2.16. The minimum absolute atomic E-state index is 0.0407. The van der Waals surface area contributed by atoms with Gasteiger partial charge in [0.05, 0.1) is 24.6 Å². The van der Waals surface area contributed by atoms with E-state index in [1.54, 1.807) is 20.9 Å². The van der Waals surface area contributed by atoms with E-state index < -0.39 is 5.97 Å². The Morgan fingerprint density at radius 1 is 1.39 bits per heavy atom. The third-order valence-corrected chi connectivity index (χ3v) is 6.40. The van der Waals surface area contributed by atoms with E-state index in [1.807, 2.05) is 6.20 Å². The van der Waals surface area contributed by atoms with Crippen molar-refractivity contribution in [2.24, 2.45) is 0 Å². The van der Waals surface area contributed by atoms with Crippen LogP contribution in [0.15, 0.2) is 17.6 Å². The molecule has 1 aliphatic heterocycles. The van der Waals surface area contributed by atoms with Crippen LogP contribution < -0.4 is 10.2 Å². The summed E-state index contributed by atoms with van der Waals surface area (Å²) >= 11 is 2.78. The fourth-order valence-electron chi connectivity index (χ4n) is 3.06. The summed E-state index contributed by atoms with van der Waals surface area (Å²) in [7, 11) is 1.34. The molecule has 148 valence electrons. The molecule has 10 heteroatoms. The highest BCUT2D eigenvalue weighted by Crippen LogP contribution is 2.33. The van der Waals surface area contributed by atoms with Gasteiger partial charge in [-0.3, -0.25) is 4.79 Å². The first-order chi connectivity index (χ1) is 13.3. The Balaban J connectivity index is 1.50. The Kier molecular flexibility index (Phi) is 4.62. The predicted molar refractivity (Wildman–Crippen MR) is 110 cm³/mol. The van der Waals surface area contributed by atoms with E-state index in [0.717, 1.165) is 10.7 Å². The lowest BCUT2D eigenvalue weighted by Crippen LogP contribution is -2.33. The molecule has 0 spiro atoms. The number of methoxy groups -OCH3 is 1. The zero-order valence-electron chi connectivity index (χ0n) is 16.1. The maximum Gasteiger partial charge on any atom is 0.340 e. The van der Waals surface area contributed by atoms with Gasteiger partial charge in [-0.2, -0.15) is 0 Å². The lowest BCUT2D eigenvalue weighted by molar-refractivity contribution is -0.117. The molecule has 1 fully saturated rings. The van der Waals surface area contributed by atoms with Gasteiger partial charge in [0.25, 0.3) is 0 Å². The SMILES string of the molecule is COC(=O)c1ccsc1N1CCC(Nc2nn3cc(C(C)(C)C)nc3s2)C1=O. The average molecular weight is 420 g/mol. The topological polar surface area (TPSA) is 88.8 Å². The molecule has 3 aromatic rings. The maximum absolute atomic E-state index is 12.9. The van der Waals surface area contributed by atoms with Crippen molar-refractivity contribution >= 4 is 49.6 Å². The van der Waals surface area contributed by atoms with Gasteiger partial charge in [-0.05, 0) is 17.9 Å². The van der Waals surface area contributed by atoms with Crippen LogP contribution in [0.25, 0.3) is 4.96 Å². The molecule has 28 heavy (non-hydrogen) atoms. The third kappa shape index (κ3) is 3.26. The van der Waals surface area contributed by atoms with Crippen molar-refractivity contribution in [1.82, 2.24) is 14.6 Å². The quantitative estimate of drug-likeness (QED) is 0.654. The molecular weight excluding hydrogens is 398 g/mol. The van der Waals surface area contributed by atoms with Gasteiger partial charge in [0.2, 0.25) is 16.0 Å². The molecule has 1 amide bonds. The standard InChI is InChI=1S/C18H21N5O3S2/c1-18(2,3)12-9-23-17(20-12)28-16(21-23)19-11-5-7-22(13(11)24)14-10(6-8-27-14)15(25)26-4/h6,8-9,11H,5,7H2,1-4H3,(H,19,21). The number of hydrogen-bond acceptors (Lipinski definition) is 8. The molecule has 0 aliphatic carbocycles. The number of rotatable bonds is 4. The van der Waals surface area contributed by atoms with Gasteiger partial charge >= 0.3 is 5.97 Å². The fourth-order valence-corrected chi connectivity index (χ4v) is 4.81. The number of ether oxygens (including phenoxy) is 1. The number of nitrogens with one attached hydrogen (secondary N) is 1. The second kappa shape index (κ2) is 6.85. The van der Waals surface area contributed by atoms with Crippen LogP contribution in [0.4, 0.5) is 10.1 Å². The number of carbonyl (C=O) groups is 2. The number of carbonyl (C=O) groups excluding carboxylic acids is 2. The number of amides is 1. The van der Waals surface area contributed by atoms with E-state index in [0.29, 0.717) is 28.7 Å². The van der Waals surface area contributed by atoms with E-state index >= 15 is 0 Å². The predicted octanol–water partition coefficient (Wildman–Crippen LogP) is 3.15. The molecule has 4 rings (SSSR count). The number of fused-ring (bicyclic) bond motifs is 1. The molecule has 1 aliphatic rings. The maximum atomic E-state index is 12.9. The number of esters is 1. The Morgan fingerprint density at radius 3 is 2.86 bits per heavy atom. The highest BCUT2D eigenvalue weighted by molar-refractivity contribution is 7.20. The minimum atomic E-state index is -0.434. The fraction of sp³-hybridized carbons (Fsp3) is 0.444. The summed E-state index contributed by atoms with van der Waals surface area (Å²) in [6, 6.07) is 1.30. The van der Waals surface area contributed by atoms with Crippen LogP contribution in [0, 0.1) is 0 Å². The molecule has 0 saturated carbocycles. The normalized spacial score (nSPS) is 17.5. The van der Waals surface area contributed by atoms with Crippen molar-refractivity contribution in [3.8, 4) is 0 Å². The summed E-state index contributed by atoms with van der Waals surface area (Å²) in [6.07, 6.45) is 2.56. The van der Waals surface area contributed by atoms with E-state index in [1.165, 1.54) is 29.8 Å². The number of thiophene rings is 1. The first-order valence-electron chi connectivity index (χ1n) is 8.88. The van der Waals surface area contributed by atoms with Crippen LogP contribution in [0.3, 0.4) is 0 Å². The zero-order chi connectivity index (χ0) is 20.1. The van der Waals surface area contributed by atoms with Crippen molar-refractivity contribution in [3.05, 3.63) is 28.9 Å². The molecule has 3 aromatic heterocycles. The Hall–Kier alpha value is -2.46. The second-order valence-corrected chi connectivity index (χ2v) is 9.47. The van der Waals surface area contributed by atoms with Gasteiger partial charge in [-0.1, -0.05) is 32.1 Å². The van der Waals surface area contributed by atoms with E-state index in [9.17, 15) is 9.59 Å². The van der Waals surface area contributed by atoms with Crippen LogP contribution in [-0.2, 0) is 14.9 Å². The Labute approximate surface area is 170 Å². The molecular formula is C18H21N5O3S2. The van der Waals surface area contributed by atoms with E-state index in [4.69, 9.17) is 4.74 Å². The Bertz CT molecular complexity index is 1010. The second-order valence-electron chi connectivity index (χ2n) is 7.62. The number of aromatic nitrogens is 3. The third-order valence-electron chi connectivity index (χ3n) is 4.61. The van der Waals surface area contributed by atoms with Crippen molar-refractivity contribution in [2.45, 2.75) is 38.6 Å². The number of hydrogen-bond donors (Lipinski definition) is 1. The van der Waals surface area contributed by atoms with Crippen LogP contribution in [0.1, 0.15) is 43.2 Å². The summed E-state index contributed by atoms with van der Waals surface area (Å²) in [6.45, 7) is 6.87.